The molecule has 0 aliphatic carbocycles. The molecule has 0 radical (unpaired) electrons. The number of hydrogen-bond acceptors (Lipinski definition) is 2. The lowest BCUT2D eigenvalue weighted by Crippen LogP contribution is -2.19. The first-order valence-corrected chi connectivity index (χ1v) is 9.82. The Morgan fingerprint density at radius 3 is 1.95 bits per heavy atom. The van der Waals surface area contributed by atoms with Crippen LogP contribution in [0.15, 0.2) is 42.5 Å². The molecule has 0 N–H and O–H groups in total. The first-order chi connectivity index (χ1) is 8.99. The number of rotatable bonds is 3. The van der Waals surface area contributed by atoms with Gasteiger partial charge in [-0.25, -0.2) is 0 Å². The van der Waals surface area contributed by atoms with Crippen LogP contribution in [-0.2, 0) is 4.57 Å². The van der Waals surface area contributed by atoms with E-state index in [-0.39, 0.29) is 0 Å². The van der Waals surface area contributed by atoms with Crippen LogP contribution in [-0.4, -0.2) is 6.26 Å². The van der Waals surface area contributed by atoms with Crippen molar-refractivity contribution >= 4 is 28.3 Å². The van der Waals surface area contributed by atoms with E-state index in [0.717, 1.165) is 21.7 Å². The molecule has 100 valence electrons. The molecular weight excluding hydrogens is 271 g/mol. The minimum atomic E-state index is -2.58. The van der Waals surface area contributed by atoms with Crippen molar-refractivity contribution in [1.29, 1.82) is 0 Å². The fourth-order valence-corrected chi connectivity index (χ4v) is 7.27. The molecule has 0 amide bonds. The van der Waals surface area contributed by atoms with Gasteiger partial charge >= 0.3 is 0 Å². The second-order valence-corrected chi connectivity index (χ2v) is 9.89. The Labute approximate surface area is 119 Å². The van der Waals surface area contributed by atoms with E-state index in [4.69, 9.17) is 0 Å². The van der Waals surface area contributed by atoms with Crippen LogP contribution in [0.5, 0.6) is 0 Å². The van der Waals surface area contributed by atoms with Gasteiger partial charge in [0.1, 0.15) is 0 Å². The van der Waals surface area contributed by atoms with Crippen LogP contribution in [0.25, 0.3) is 0 Å². The van der Waals surface area contributed by atoms with Crippen LogP contribution in [0.1, 0.15) is 16.7 Å². The zero-order chi connectivity index (χ0) is 14.0. The summed E-state index contributed by atoms with van der Waals surface area (Å²) in [6, 6.07) is 14.0. The van der Waals surface area contributed by atoms with E-state index in [1.54, 1.807) is 0 Å². The second-order valence-electron chi connectivity index (χ2n) is 4.82. The van der Waals surface area contributed by atoms with Gasteiger partial charge in [-0.2, -0.15) is 0 Å². The Balaban J connectivity index is 2.71. The largest absolute Gasteiger partial charge is 0.302 e. The van der Waals surface area contributed by atoms with Gasteiger partial charge in [0.05, 0.1) is 0 Å². The predicted octanol–water partition coefficient (Wildman–Crippen LogP) is 4.20. The lowest BCUT2D eigenvalue weighted by atomic mass is 10.1. The van der Waals surface area contributed by atoms with Crippen LogP contribution in [0.3, 0.4) is 0 Å². The monoisotopic (exact) mass is 290 g/mol. The average Bonchev–Trinajstić information content (AvgIpc) is 2.38. The fraction of sp³-hybridized carbons (Fsp3) is 0.250. The van der Waals surface area contributed by atoms with Crippen molar-refractivity contribution in [1.82, 2.24) is 0 Å². The van der Waals surface area contributed by atoms with E-state index in [1.165, 1.54) is 16.9 Å². The third-order valence-electron chi connectivity index (χ3n) is 3.28. The highest BCUT2D eigenvalue weighted by Crippen LogP contribution is 2.56. The molecule has 0 aliphatic heterocycles. The molecule has 2 rings (SSSR count). The molecule has 0 spiro atoms. The molecule has 0 saturated heterocycles. The molecule has 0 saturated carbocycles. The molecule has 0 unspecified atom stereocenters. The minimum Gasteiger partial charge on any atom is -0.302 e. The SMILES string of the molecule is CS[P@](=O)(c1ccccc1)c1c(C)cc(C)cc1C. The van der Waals surface area contributed by atoms with Gasteiger partial charge in [-0.3, -0.25) is 0 Å². The Morgan fingerprint density at radius 2 is 1.47 bits per heavy atom. The summed E-state index contributed by atoms with van der Waals surface area (Å²) in [4.78, 5) is 0. The van der Waals surface area contributed by atoms with Crippen LogP contribution in [0.4, 0.5) is 0 Å². The van der Waals surface area contributed by atoms with Crippen molar-refractivity contribution in [3.8, 4) is 0 Å². The summed E-state index contributed by atoms with van der Waals surface area (Å²) in [5.74, 6) is 0. The molecule has 0 aliphatic rings. The highest BCUT2D eigenvalue weighted by atomic mass is 32.7. The average molecular weight is 290 g/mol. The maximum atomic E-state index is 13.5. The lowest BCUT2D eigenvalue weighted by molar-refractivity contribution is 0.595. The second kappa shape index (κ2) is 5.56. The molecule has 2 aromatic carbocycles. The van der Waals surface area contributed by atoms with E-state index in [9.17, 15) is 4.57 Å². The predicted molar refractivity (Wildman–Crippen MR) is 87.5 cm³/mol. The topological polar surface area (TPSA) is 17.1 Å². The maximum Gasteiger partial charge on any atom is 0.195 e. The summed E-state index contributed by atoms with van der Waals surface area (Å²) in [7, 11) is 0. The molecule has 1 nitrogen and oxygen atoms in total. The standard InChI is InChI=1S/C16H19OPS/c1-12-10-13(2)16(14(3)11-12)18(17,19-4)15-8-6-5-7-9-15/h5-11H,1-4H3/t18-/m1/s1. The van der Waals surface area contributed by atoms with Crippen molar-refractivity contribution in [3.63, 3.8) is 0 Å². The number of aryl methyl sites for hydroxylation is 3. The van der Waals surface area contributed by atoms with Gasteiger partial charge in [-0.15, -0.1) is 0 Å². The normalized spacial score (nSPS) is 14.1. The summed E-state index contributed by atoms with van der Waals surface area (Å²) < 4.78 is 13.5. The summed E-state index contributed by atoms with van der Waals surface area (Å²) in [6.07, 6.45) is -0.646. The molecular formula is C16H19OPS. The van der Waals surface area contributed by atoms with Gasteiger partial charge < -0.3 is 4.57 Å². The summed E-state index contributed by atoms with van der Waals surface area (Å²) >= 11 is 1.47. The Hall–Kier alpha value is -0.980. The van der Waals surface area contributed by atoms with Crippen LogP contribution in [0, 0.1) is 20.8 Å². The minimum absolute atomic E-state index is 0.928. The van der Waals surface area contributed by atoms with Crippen LogP contribution in [0.2, 0.25) is 0 Å². The number of hydrogen-bond donors (Lipinski definition) is 0. The molecule has 3 heteroatoms. The highest BCUT2D eigenvalue weighted by molar-refractivity contribution is 8.62. The Bertz CT molecular complexity index is 611. The quantitative estimate of drug-likeness (QED) is 0.788. The smallest absolute Gasteiger partial charge is 0.195 e. The molecule has 1 atom stereocenters. The van der Waals surface area contributed by atoms with Crippen LogP contribution >= 0.6 is 17.7 Å². The fourth-order valence-electron chi connectivity index (χ4n) is 2.59. The van der Waals surface area contributed by atoms with Crippen molar-refractivity contribution in [2.24, 2.45) is 0 Å². The Kier molecular flexibility index (Phi) is 4.23. The zero-order valence-electron chi connectivity index (χ0n) is 11.8. The van der Waals surface area contributed by atoms with E-state index < -0.39 is 6.34 Å². The molecule has 0 heterocycles. The number of benzene rings is 2. The van der Waals surface area contributed by atoms with Gasteiger partial charge in [0, 0.05) is 10.6 Å². The molecule has 0 aromatic heterocycles. The van der Waals surface area contributed by atoms with Gasteiger partial charge in [-0.05, 0) is 38.2 Å². The third-order valence-corrected chi connectivity index (χ3v) is 8.79. The first kappa shape index (κ1) is 14.4. The van der Waals surface area contributed by atoms with Crippen molar-refractivity contribution in [2.75, 3.05) is 6.26 Å². The van der Waals surface area contributed by atoms with Crippen LogP contribution < -0.4 is 10.6 Å². The first-order valence-electron chi connectivity index (χ1n) is 6.29. The van der Waals surface area contributed by atoms with Gasteiger partial charge in [0.15, 0.2) is 6.34 Å². The van der Waals surface area contributed by atoms with Crippen molar-refractivity contribution in [3.05, 3.63) is 59.2 Å². The molecule has 2 aromatic rings. The molecule has 0 bridgehead atoms. The van der Waals surface area contributed by atoms with E-state index in [0.29, 0.717) is 0 Å². The van der Waals surface area contributed by atoms with E-state index in [2.05, 4.69) is 32.9 Å². The molecule has 19 heavy (non-hydrogen) atoms. The highest BCUT2D eigenvalue weighted by Gasteiger charge is 2.29. The van der Waals surface area contributed by atoms with Crippen molar-refractivity contribution < 1.29 is 4.57 Å². The zero-order valence-corrected chi connectivity index (χ0v) is 13.5. The summed E-state index contributed by atoms with van der Waals surface area (Å²) in [5, 5.41) is 1.94. The third kappa shape index (κ3) is 2.66. The van der Waals surface area contributed by atoms with E-state index in [1.807, 2.05) is 36.6 Å². The molecule has 0 fully saturated rings. The van der Waals surface area contributed by atoms with Gasteiger partial charge in [0.2, 0.25) is 0 Å². The summed E-state index contributed by atoms with van der Waals surface area (Å²) in [5.41, 5.74) is 3.47. The maximum absolute atomic E-state index is 13.5. The van der Waals surface area contributed by atoms with E-state index >= 15 is 0 Å². The Morgan fingerprint density at radius 1 is 0.947 bits per heavy atom. The summed E-state index contributed by atoms with van der Waals surface area (Å²) in [6.45, 7) is 6.19. The van der Waals surface area contributed by atoms with Crippen molar-refractivity contribution in [2.45, 2.75) is 20.8 Å². The lowest BCUT2D eigenvalue weighted by Gasteiger charge is -2.21. The van der Waals surface area contributed by atoms with Gasteiger partial charge in [-0.1, -0.05) is 59.4 Å². The van der Waals surface area contributed by atoms with Gasteiger partial charge in [0.25, 0.3) is 0 Å².